The van der Waals surface area contributed by atoms with Crippen molar-refractivity contribution in [2.45, 2.75) is 18.0 Å². The predicted molar refractivity (Wildman–Crippen MR) is 64.1 cm³/mol. The highest BCUT2D eigenvalue weighted by Gasteiger charge is 2.76. The minimum atomic E-state index is -6.60. The van der Waals surface area contributed by atoms with Crippen LogP contribution in [0.5, 0.6) is 11.5 Å². The normalized spacial score (nSPS) is 12.7. The van der Waals surface area contributed by atoms with Gasteiger partial charge in [0.2, 0.25) is 0 Å². The number of methoxy groups -OCH3 is 2. The quantitative estimate of drug-likeness (QED) is 0.828. The molecule has 0 aliphatic carbocycles. The van der Waals surface area contributed by atoms with E-state index < -0.39 is 29.6 Å². The van der Waals surface area contributed by atoms with Crippen LogP contribution in [0.3, 0.4) is 0 Å². The van der Waals surface area contributed by atoms with Gasteiger partial charge in [0.25, 0.3) is 0 Å². The lowest BCUT2D eigenvalue weighted by molar-refractivity contribution is -0.343. The van der Waals surface area contributed by atoms with Crippen LogP contribution in [-0.2, 0) is 4.79 Å². The lowest BCUT2D eigenvalue weighted by atomic mass is 10.1. The zero-order valence-electron chi connectivity index (χ0n) is 11.6. The van der Waals surface area contributed by atoms with E-state index in [2.05, 4.69) is 0 Å². The van der Waals surface area contributed by atoms with Gasteiger partial charge in [0, 0.05) is 6.07 Å². The van der Waals surface area contributed by atoms with E-state index in [1.54, 1.807) is 0 Å². The Balaban J connectivity index is 3.12. The molecule has 0 aromatic heterocycles. The van der Waals surface area contributed by atoms with E-state index in [4.69, 9.17) is 9.47 Å². The maximum absolute atomic E-state index is 13.2. The third-order valence-electron chi connectivity index (χ3n) is 2.69. The maximum Gasteiger partial charge on any atom is 0.460 e. The van der Waals surface area contributed by atoms with Gasteiger partial charge in [0.15, 0.2) is 0 Å². The van der Waals surface area contributed by atoms with Gasteiger partial charge in [-0.1, -0.05) is 0 Å². The number of halogens is 7. The van der Waals surface area contributed by atoms with Crippen molar-refractivity contribution in [3.05, 3.63) is 18.2 Å². The second-order valence-electron chi connectivity index (χ2n) is 4.17. The molecular weight excluding hydrogens is 339 g/mol. The summed E-state index contributed by atoms with van der Waals surface area (Å²) in [7, 11) is 2.32. The van der Waals surface area contributed by atoms with Crippen LogP contribution < -0.4 is 14.8 Å². The summed E-state index contributed by atoms with van der Waals surface area (Å²) in [5.74, 6) is -15.5. The molecule has 0 spiro atoms. The molecule has 0 saturated heterocycles. The monoisotopic (exact) mass is 349 g/mol. The molecule has 0 radical (unpaired) electrons. The van der Waals surface area contributed by atoms with E-state index >= 15 is 0 Å². The van der Waals surface area contributed by atoms with Gasteiger partial charge in [-0.2, -0.15) is 30.7 Å². The number of hydrogen-bond acceptors (Lipinski definition) is 3. The van der Waals surface area contributed by atoms with Crippen LogP contribution >= 0.6 is 0 Å². The van der Waals surface area contributed by atoms with Crippen LogP contribution in [-0.4, -0.2) is 38.1 Å². The molecule has 130 valence electrons. The number of benzene rings is 1. The van der Waals surface area contributed by atoms with Crippen LogP contribution in [0.2, 0.25) is 0 Å². The minimum Gasteiger partial charge on any atom is -0.497 e. The molecule has 0 aliphatic heterocycles. The number of alkyl halides is 7. The van der Waals surface area contributed by atoms with Crippen LogP contribution in [0.25, 0.3) is 0 Å². The first-order valence-corrected chi connectivity index (χ1v) is 5.74. The van der Waals surface area contributed by atoms with Gasteiger partial charge in [-0.3, -0.25) is 4.79 Å². The van der Waals surface area contributed by atoms with Crippen molar-refractivity contribution in [3.63, 3.8) is 0 Å². The number of rotatable bonds is 5. The highest BCUT2D eigenvalue weighted by molar-refractivity contribution is 5.98. The molecule has 0 aliphatic rings. The van der Waals surface area contributed by atoms with Crippen molar-refractivity contribution in [2.24, 2.45) is 0 Å². The Kier molecular flexibility index (Phi) is 5.02. The summed E-state index contributed by atoms with van der Waals surface area (Å²) in [5, 5.41) is 1.28. The zero-order chi connectivity index (χ0) is 18.1. The van der Waals surface area contributed by atoms with Crippen molar-refractivity contribution >= 4 is 11.6 Å². The topological polar surface area (TPSA) is 47.6 Å². The molecule has 0 saturated carbocycles. The number of nitrogens with one attached hydrogen (secondary N) is 1. The molecule has 0 bridgehead atoms. The Hall–Kier alpha value is -2.20. The van der Waals surface area contributed by atoms with Gasteiger partial charge in [-0.25, -0.2) is 0 Å². The molecular formula is C12H10F7NO3. The van der Waals surface area contributed by atoms with E-state index in [-0.39, 0.29) is 11.5 Å². The molecule has 1 rings (SSSR count). The average molecular weight is 349 g/mol. The van der Waals surface area contributed by atoms with Crippen molar-refractivity contribution in [1.82, 2.24) is 0 Å². The van der Waals surface area contributed by atoms with E-state index in [0.717, 1.165) is 25.3 Å². The second-order valence-corrected chi connectivity index (χ2v) is 4.17. The van der Waals surface area contributed by atoms with Crippen LogP contribution in [0.15, 0.2) is 18.2 Å². The first kappa shape index (κ1) is 18.8. The number of ether oxygens (including phenoxy) is 2. The zero-order valence-corrected chi connectivity index (χ0v) is 11.6. The van der Waals surface area contributed by atoms with Gasteiger partial charge >= 0.3 is 23.9 Å². The van der Waals surface area contributed by atoms with Crippen molar-refractivity contribution in [1.29, 1.82) is 0 Å². The molecule has 11 heteroatoms. The van der Waals surface area contributed by atoms with Gasteiger partial charge in [0.05, 0.1) is 19.9 Å². The summed E-state index contributed by atoms with van der Waals surface area (Å²) >= 11 is 0. The number of hydrogen-bond donors (Lipinski definition) is 1. The van der Waals surface area contributed by atoms with Gasteiger partial charge < -0.3 is 14.8 Å². The summed E-state index contributed by atoms with van der Waals surface area (Å²) < 4.78 is 97.5. The van der Waals surface area contributed by atoms with Gasteiger partial charge in [0.1, 0.15) is 11.5 Å². The third kappa shape index (κ3) is 3.42. The number of carbonyl (C=O) groups excluding carboxylic acids is 1. The first-order chi connectivity index (χ1) is 10.4. The SMILES string of the molecule is COc1ccc(NC(=O)C(F)(F)C(F)(F)C(F)(F)F)c(OC)c1. The van der Waals surface area contributed by atoms with E-state index in [0.29, 0.717) is 0 Å². The molecule has 0 unspecified atom stereocenters. The Bertz CT molecular complexity index is 587. The van der Waals surface area contributed by atoms with Crippen molar-refractivity contribution in [3.8, 4) is 11.5 Å². The fraction of sp³-hybridized carbons (Fsp3) is 0.417. The average Bonchev–Trinajstić information content (AvgIpc) is 2.46. The lowest BCUT2D eigenvalue weighted by Crippen LogP contribution is -2.57. The molecule has 1 aromatic carbocycles. The maximum atomic E-state index is 13.2. The van der Waals surface area contributed by atoms with Crippen LogP contribution in [0.4, 0.5) is 36.4 Å². The molecule has 0 heterocycles. The minimum absolute atomic E-state index is 0.173. The highest BCUT2D eigenvalue weighted by Crippen LogP contribution is 2.47. The molecule has 4 nitrogen and oxygen atoms in total. The van der Waals surface area contributed by atoms with E-state index in [1.165, 1.54) is 12.4 Å². The Morgan fingerprint density at radius 2 is 1.57 bits per heavy atom. The standard InChI is InChI=1S/C12H10F7NO3/c1-22-6-3-4-7(8(5-6)23-2)20-9(21)10(13,14)11(15,16)12(17,18)19/h3-5H,1-2H3,(H,20,21). The number of carbonyl (C=O) groups is 1. The lowest BCUT2D eigenvalue weighted by Gasteiger charge is -2.27. The number of amides is 1. The van der Waals surface area contributed by atoms with Gasteiger partial charge in [-0.05, 0) is 12.1 Å². The first-order valence-electron chi connectivity index (χ1n) is 5.74. The van der Waals surface area contributed by atoms with E-state index in [9.17, 15) is 35.5 Å². The fourth-order valence-corrected chi connectivity index (χ4v) is 1.42. The molecule has 1 amide bonds. The van der Waals surface area contributed by atoms with Crippen LogP contribution in [0, 0.1) is 0 Å². The molecule has 0 fully saturated rings. The summed E-state index contributed by atoms with van der Waals surface area (Å²) in [6, 6.07) is 3.20. The third-order valence-corrected chi connectivity index (χ3v) is 2.69. The Morgan fingerprint density at radius 3 is 2.00 bits per heavy atom. The fourth-order valence-electron chi connectivity index (χ4n) is 1.42. The highest BCUT2D eigenvalue weighted by atomic mass is 19.4. The van der Waals surface area contributed by atoms with Gasteiger partial charge in [-0.15, -0.1) is 0 Å². The second kappa shape index (κ2) is 6.13. The summed E-state index contributed by atoms with van der Waals surface area (Å²) in [6.07, 6.45) is -6.60. The van der Waals surface area contributed by atoms with Crippen LogP contribution in [0.1, 0.15) is 0 Å². The molecule has 23 heavy (non-hydrogen) atoms. The smallest absolute Gasteiger partial charge is 0.460 e. The van der Waals surface area contributed by atoms with Crippen molar-refractivity contribution < 1.29 is 45.0 Å². The molecule has 1 aromatic rings. The predicted octanol–water partition coefficient (Wildman–Crippen LogP) is 3.48. The Morgan fingerprint density at radius 1 is 1.00 bits per heavy atom. The summed E-state index contributed by atoms with van der Waals surface area (Å²) in [5.41, 5.74) is -0.532. The van der Waals surface area contributed by atoms with Crippen molar-refractivity contribution in [2.75, 3.05) is 19.5 Å². The summed E-state index contributed by atoms with van der Waals surface area (Å²) in [6.45, 7) is 0. The van der Waals surface area contributed by atoms with E-state index in [1.807, 2.05) is 0 Å². The Labute approximate surface area is 125 Å². The summed E-state index contributed by atoms with van der Waals surface area (Å²) in [4.78, 5) is 11.2. The molecule has 0 atom stereocenters. The molecule has 1 N–H and O–H groups in total. The largest absolute Gasteiger partial charge is 0.497 e. The number of anilines is 1.